The Hall–Kier alpha value is -4.01. The minimum absolute atomic E-state index is 0.0327. The van der Waals surface area contributed by atoms with Crippen LogP contribution in [0.5, 0.6) is 0 Å². The van der Waals surface area contributed by atoms with Crippen molar-refractivity contribution in [2.75, 3.05) is 0 Å². The number of rotatable bonds is 4. The summed E-state index contributed by atoms with van der Waals surface area (Å²) in [6.07, 6.45) is 0.448. The number of pyridine rings is 1. The summed E-state index contributed by atoms with van der Waals surface area (Å²) in [6.45, 7) is 10.6. The first-order valence-corrected chi connectivity index (χ1v) is 13.8. The fraction of sp³-hybridized carbons (Fsp3) is 0.500. The number of fused-ring (bicyclic) bond motifs is 2. The number of halogens is 3. The Labute approximate surface area is 230 Å². The molecule has 2 aliphatic rings. The van der Waals surface area contributed by atoms with Crippen molar-refractivity contribution in [2.24, 2.45) is 0 Å². The van der Waals surface area contributed by atoms with Gasteiger partial charge in [-0.2, -0.15) is 28.6 Å². The highest BCUT2D eigenvalue weighted by Gasteiger charge is 2.38. The predicted molar refractivity (Wildman–Crippen MR) is 144 cm³/mol. The number of H-pyrrole nitrogens is 1. The average molecular weight is 555 g/mol. The molecule has 1 aliphatic carbocycles. The Morgan fingerprint density at radius 3 is 2.42 bits per heavy atom. The number of hydrogen-bond donors (Lipinski definition) is 1. The van der Waals surface area contributed by atoms with Crippen LogP contribution in [-0.4, -0.2) is 34.5 Å². The topological polar surface area (TPSA) is 118 Å². The molecule has 0 saturated heterocycles. The van der Waals surface area contributed by atoms with Crippen molar-refractivity contribution in [3.8, 4) is 6.07 Å². The second-order valence-corrected chi connectivity index (χ2v) is 9.38. The molecule has 1 fully saturated rings. The van der Waals surface area contributed by atoms with E-state index in [1.165, 1.54) is 16.4 Å². The van der Waals surface area contributed by atoms with E-state index in [1.807, 2.05) is 38.4 Å². The Bertz CT molecular complexity index is 1560. The van der Waals surface area contributed by atoms with Gasteiger partial charge in [0, 0.05) is 30.3 Å². The second-order valence-electron chi connectivity index (χ2n) is 9.38. The number of hydrogen-bond acceptors (Lipinski definition) is 6. The Morgan fingerprint density at radius 1 is 1.12 bits per heavy atom. The maximum absolute atomic E-state index is 13.1. The van der Waals surface area contributed by atoms with E-state index in [0.717, 1.165) is 50.2 Å². The molecule has 0 bridgehead atoms. The molecule has 1 N–H and O–H groups in total. The van der Waals surface area contributed by atoms with Gasteiger partial charge in [0.25, 0.3) is 5.56 Å². The van der Waals surface area contributed by atoms with Gasteiger partial charge in [-0.25, -0.2) is 9.67 Å². The number of nitrogens with zero attached hydrogens (tertiary/aromatic N) is 7. The van der Waals surface area contributed by atoms with Crippen molar-refractivity contribution in [3.63, 3.8) is 0 Å². The van der Waals surface area contributed by atoms with Crippen molar-refractivity contribution in [3.05, 3.63) is 68.9 Å². The summed E-state index contributed by atoms with van der Waals surface area (Å²) in [6, 6.07) is 5.67. The van der Waals surface area contributed by atoms with Crippen LogP contribution in [0.4, 0.5) is 13.2 Å². The van der Waals surface area contributed by atoms with E-state index in [-0.39, 0.29) is 28.6 Å². The fourth-order valence-electron chi connectivity index (χ4n) is 5.19. The van der Waals surface area contributed by atoms with Crippen LogP contribution in [0.15, 0.2) is 29.2 Å². The van der Waals surface area contributed by atoms with Crippen LogP contribution >= 0.6 is 0 Å². The highest BCUT2D eigenvalue weighted by molar-refractivity contribution is 5.80. The zero-order chi connectivity index (χ0) is 29.2. The van der Waals surface area contributed by atoms with E-state index in [0.29, 0.717) is 11.4 Å². The lowest BCUT2D eigenvalue weighted by Crippen LogP contribution is -2.27. The molecule has 5 heterocycles. The first-order valence-electron chi connectivity index (χ1n) is 13.8. The molecular weight excluding hydrogens is 521 g/mol. The molecule has 9 nitrogen and oxygen atoms in total. The van der Waals surface area contributed by atoms with Crippen LogP contribution in [0, 0.1) is 11.3 Å². The summed E-state index contributed by atoms with van der Waals surface area (Å²) in [7, 11) is 0. The molecule has 0 amide bonds. The monoisotopic (exact) mass is 554 g/mol. The number of aromatic nitrogens is 7. The van der Waals surface area contributed by atoms with Gasteiger partial charge in [-0.15, -0.1) is 0 Å². The zero-order valence-corrected chi connectivity index (χ0v) is 23.2. The summed E-state index contributed by atoms with van der Waals surface area (Å²) in [5.41, 5.74) is 1.33. The zero-order valence-electron chi connectivity index (χ0n) is 23.2. The molecule has 6 rings (SSSR count). The van der Waals surface area contributed by atoms with Gasteiger partial charge in [0.1, 0.15) is 23.0 Å². The lowest BCUT2D eigenvalue weighted by molar-refractivity contribution is -0.141. The first kappa shape index (κ1) is 29.0. The summed E-state index contributed by atoms with van der Waals surface area (Å²) in [4.78, 5) is 24.2. The second kappa shape index (κ2) is 11.6. The van der Waals surface area contributed by atoms with Gasteiger partial charge in [-0.3, -0.25) is 14.5 Å². The molecule has 4 aromatic heterocycles. The molecule has 4 aromatic rings. The highest BCUT2D eigenvalue weighted by atomic mass is 19.4. The van der Waals surface area contributed by atoms with Crippen LogP contribution in [0.1, 0.15) is 106 Å². The van der Waals surface area contributed by atoms with Crippen LogP contribution in [0.25, 0.3) is 11.0 Å². The van der Waals surface area contributed by atoms with Crippen molar-refractivity contribution in [1.29, 1.82) is 5.26 Å². The molecule has 3 atom stereocenters. The van der Waals surface area contributed by atoms with Crippen molar-refractivity contribution >= 4 is 11.0 Å². The van der Waals surface area contributed by atoms with Gasteiger partial charge in [-0.05, 0) is 50.3 Å². The van der Waals surface area contributed by atoms with E-state index in [9.17, 15) is 23.2 Å². The molecule has 1 aliphatic heterocycles. The molecule has 0 spiro atoms. The largest absolute Gasteiger partial charge is 0.433 e. The molecular formula is C28H33F3N8O. The predicted octanol–water partition coefficient (Wildman–Crippen LogP) is 5.87. The minimum Gasteiger partial charge on any atom is -0.310 e. The lowest BCUT2D eigenvalue weighted by Gasteiger charge is -2.34. The van der Waals surface area contributed by atoms with E-state index >= 15 is 0 Å². The SMILES string of the molecule is CC.CC.C[C@@H](c1ccc(C(F)(F)F)nc1)n1nc(C#N)c2c(=O)[nH]c(C3CCC3c3cc4n(n3)CCC4)nc21. The van der Waals surface area contributed by atoms with Gasteiger partial charge in [-0.1, -0.05) is 33.8 Å². The minimum atomic E-state index is -4.55. The van der Waals surface area contributed by atoms with E-state index in [2.05, 4.69) is 21.1 Å². The van der Waals surface area contributed by atoms with Crippen LogP contribution in [0.3, 0.4) is 0 Å². The quantitative estimate of drug-likeness (QED) is 0.337. The normalized spacial score (nSPS) is 18.5. The molecule has 12 heteroatoms. The van der Waals surface area contributed by atoms with Gasteiger partial charge >= 0.3 is 6.18 Å². The lowest BCUT2D eigenvalue weighted by atomic mass is 9.71. The van der Waals surface area contributed by atoms with E-state index < -0.39 is 23.5 Å². The van der Waals surface area contributed by atoms with Crippen LogP contribution in [-0.2, 0) is 19.1 Å². The summed E-state index contributed by atoms with van der Waals surface area (Å²) in [5, 5.41) is 18.7. The number of nitrogens with one attached hydrogen (secondary N) is 1. The van der Waals surface area contributed by atoms with Gasteiger partial charge in [0.15, 0.2) is 11.3 Å². The van der Waals surface area contributed by atoms with Crippen LogP contribution < -0.4 is 5.56 Å². The highest BCUT2D eigenvalue weighted by Crippen LogP contribution is 2.48. The molecule has 40 heavy (non-hydrogen) atoms. The molecule has 212 valence electrons. The maximum atomic E-state index is 13.1. The summed E-state index contributed by atoms with van der Waals surface area (Å²) in [5.74, 6) is 0.599. The number of nitriles is 1. The van der Waals surface area contributed by atoms with Crippen molar-refractivity contribution < 1.29 is 13.2 Å². The molecule has 2 unspecified atom stereocenters. The molecule has 1 saturated carbocycles. The van der Waals surface area contributed by atoms with Gasteiger partial charge in [0.05, 0.1) is 11.7 Å². The third kappa shape index (κ3) is 5.12. The summed E-state index contributed by atoms with van der Waals surface area (Å²) >= 11 is 0. The number of aromatic amines is 1. The van der Waals surface area contributed by atoms with E-state index in [4.69, 9.17) is 10.1 Å². The third-order valence-corrected chi connectivity index (χ3v) is 7.30. The number of alkyl halides is 3. The number of aryl methyl sites for hydroxylation is 2. The fourth-order valence-corrected chi connectivity index (χ4v) is 5.19. The van der Waals surface area contributed by atoms with E-state index in [1.54, 1.807) is 6.92 Å². The maximum Gasteiger partial charge on any atom is 0.433 e. The summed E-state index contributed by atoms with van der Waals surface area (Å²) < 4.78 is 42.3. The Balaban J connectivity index is 0.000000886. The third-order valence-electron chi connectivity index (χ3n) is 7.30. The van der Waals surface area contributed by atoms with Crippen LogP contribution in [0.2, 0.25) is 0 Å². The van der Waals surface area contributed by atoms with Gasteiger partial charge < -0.3 is 4.98 Å². The average Bonchev–Trinajstić information content (AvgIpc) is 3.63. The van der Waals surface area contributed by atoms with Crippen molar-refractivity contribution in [2.45, 2.75) is 90.9 Å². The smallest absolute Gasteiger partial charge is 0.310 e. The molecule has 0 aromatic carbocycles. The standard InChI is InChI=1S/C24H21F3N8O.2C2H6/c1-12(13-4-7-19(29-11-13)24(25,26)27)35-22-20(18(10-28)33-35)23(36)31-21(30-22)16-6-5-15(16)17-9-14-3-2-8-34(14)32-17;2*1-2/h4,7,9,11-12,15-16H,2-3,5-6,8H2,1H3,(H,30,31,36);2*1-2H3/t12-,15?,16?;;/m0../s1. The Kier molecular flexibility index (Phi) is 8.42. The first-order chi connectivity index (χ1) is 19.2. The van der Waals surface area contributed by atoms with Crippen molar-refractivity contribution in [1.82, 2.24) is 34.5 Å². The molecule has 0 radical (unpaired) electrons. The Morgan fingerprint density at radius 2 is 1.85 bits per heavy atom. The van der Waals surface area contributed by atoms with Gasteiger partial charge in [0.2, 0.25) is 0 Å².